The number of aliphatic hydroxyl groups is 1. The number of carbonyl (C=O) groups is 1. The van der Waals surface area contributed by atoms with Crippen molar-refractivity contribution in [3.63, 3.8) is 0 Å². The minimum Gasteiger partial charge on any atom is -0.396 e. The minimum absolute atomic E-state index is 0.0502. The van der Waals surface area contributed by atoms with Gasteiger partial charge in [0.05, 0.1) is 0 Å². The number of nitrogens with one attached hydrogen (secondary N) is 1. The van der Waals surface area contributed by atoms with Crippen LogP contribution in [0.2, 0.25) is 0 Å². The topological polar surface area (TPSA) is 52.6 Å². The van der Waals surface area contributed by atoms with E-state index in [1.54, 1.807) is 0 Å². The molecule has 1 saturated heterocycles. The van der Waals surface area contributed by atoms with Crippen molar-refractivity contribution in [3.8, 4) is 0 Å². The fourth-order valence-corrected chi connectivity index (χ4v) is 3.07. The predicted octanol–water partition coefficient (Wildman–Crippen LogP) is 2.83. The molecule has 0 aromatic heterocycles. The largest absolute Gasteiger partial charge is 0.396 e. The first-order valence-electron chi connectivity index (χ1n) is 8.54. The number of aliphatic hydroxyl groups excluding tert-OH is 1. The van der Waals surface area contributed by atoms with Gasteiger partial charge in [-0.05, 0) is 48.6 Å². The second-order valence-electron chi connectivity index (χ2n) is 6.33. The maximum Gasteiger partial charge on any atom is 0.251 e. The highest BCUT2D eigenvalue weighted by atomic mass is 16.3. The van der Waals surface area contributed by atoms with Crippen LogP contribution >= 0.6 is 0 Å². The average molecular weight is 324 g/mol. The standard InChI is InChI=1S/C20H24N2O2/c23-15-17-10-12-22(13-11-17)19-8-6-16(7-9-19)14-21-20(24)18-4-2-1-3-5-18/h1-9,17,23H,10-15H2,(H,21,24). The molecule has 1 amide bonds. The van der Waals surface area contributed by atoms with Crippen molar-refractivity contribution in [2.45, 2.75) is 19.4 Å². The van der Waals surface area contributed by atoms with E-state index in [1.165, 1.54) is 5.69 Å². The van der Waals surface area contributed by atoms with Crippen LogP contribution < -0.4 is 10.2 Å². The highest BCUT2D eigenvalue weighted by Gasteiger charge is 2.18. The fourth-order valence-electron chi connectivity index (χ4n) is 3.07. The van der Waals surface area contributed by atoms with Gasteiger partial charge in [-0.15, -0.1) is 0 Å². The molecule has 2 aromatic rings. The summed E-state index contributed by atoms with van der Waals surface area (Å²) in [5.41, 5.74) is 2.98. The van der Waals surface area contributed by atoms with Crippen molar-refractivity contribution in [3.05, 3.63) is 65.7 Å². The Hall–Kier alpha value is -2.33. The highest BCUT2D eigenvalue weighted by molar-refractivity contribution is 5.94. The lowest BCUT2D eigenvalue weighted by atomic mass is 9.97. The predicted molar refractivity (Wildman–Crippen MR) is 96.1 cm³/mol. The molecule has 1 aliphatic rings. The van der Waals surface area contributed by atoms with Gasteiger partial charge < -0.3 is 15.3 Å². The summed E-state index contributed by atoms with van der Waals surface area (Å²) in [7, 11) is 0. The summed E-state index contributed by atoms with van der Waals surface area (Å²) in [6.45, 7) is 2.82. The summed E-state index contributed by atoms with van der Waals surface area (Å²) >= 11 is 0. The number of rotatable bonds is 5. The third kappa shape index (κ3) is 4.15. The summed E-state index contributed by atoms with van der Waals surface area (Å²) < 4.78 is 0. The number of piperidine rings is 1. The Morgan fingerprint density at radius 3 is 2.33 bits per heavy atom. The molecule has 0 aliphatic carbocycles. The number of hydrogen-bond donors (Lipinski definition) is 2. The molecule has 2 N–H and O–H groups in total. The lowest BCUT2D eigenvalue weighted by molar-refractivity contribution is 0.0951. The van der Waals surface area contributed by atoms with E-state index < -0.39 is 0 Å². The Balaban J connectivity index is 1.52. The quantitative estimate of drug-likeness (QED) is 0.889. The van der Waals surface area contributed by atoms with Crippen molar-refractivity contribution < 1.29 is 9.90 Å². The molecule has 126 valence electrons. The zero-order valence-electron chi connectivity index (χ0n) is 13.8. The Bertz CT molecular complexity index is 647. The minimum atomic E-state index is -0.0502. The van der Waals surface area contributed by atoms with E-state index in [9.17, 15) is 9.90 Å². The molecule has 0 spiro atoms. The van der Waals surface area contributed by atoms with Gasteiger partial charge in [-0.1, -0.05) is 30.3 Å². The number of nitrogens with zero attached hydrogens (tertiary/aromatic N) is 1. The molecule has 4 nitrogen and oxygen atoms in total. The van der Waals surface area contributed by atoms with Gasteiger partial charge in [-0.2, -0.15) is 0 Å². The summed E-state index contributed by atoms with van der Waals surface area (Å²) in [5, 5.41) is 12.2. The Morgan fingerprint density at radius 1 is 1.04 bits per heavy atom. The zero-order chi connectivity index (χ0) is 16.8. The van der Waals surface area contributed by atoms with Crippen LogP contribution in [0, 0.1) is 5.92 Å². The van der Waals surface area contributed by atoms with Crippen molar-refractivity contribution in [1.29, 1.82) is 0 Å². The van der Waals surface area contributed by atoms with Crippen molar-refractivity contribution >= 4 is 11.6 Å². The number of anilines is 1. The van der Waals surface area contributed by atoms with E-state index in [2.05, 4.69) is 34.5 Å². The molecule has 1 fully saturated rings. The number of carbonyl (C=O) groups excluding carboxylic acids is 1. The van der Waals surface area contributed by atoms with E-state index in [4.69, 9.17) is 0 Å². The van der Waals surface area contributed by atoms with Crippen LogP contribution in [0.15, 0.2) is 54.6 Å². The van der Waals surface area contributed by atoms with Crippen molar-refractivity contribution in [2.75, 3.05) is 24.6 Å². The van der Waals surface area contributed by atoms with Crippen LogP contribution in [-0.2, 0) is 6.54 Å². The number of hydrogen-bond acceptors (Lipinski definition) is 3. The first-order valence-corrected chi connectivity index (χ1v) is 8.54. The van der Waals surface area contributed by atoms with Crippen LogP contribution in [-0.4, -0.2) is 30.7 Å². The third-order valence-corrected chi connectivity index (χ3v) is 4.66. The average Bonchev–Trinajstić information content (AvgIpc) is 2.67. The first-order chi connectivity index (χ1) is 11.8. The summed E-state index contributed by atoms with van der Waals surface area (Å²) in [6.07, 6.45) is 2.09. The summed E-state index contributed by atoms with van der Waals surface area (Å²) in [5.74, 6) is 0.402. The second kappa shape index (κ2) is 7.97. The molecule has 0 radical (unpaired) electrons. The molecule has 24 heavy (non-hydrogen) atoms. The zero-order valence-corrected chi connectivity index (χ0v) is 13.8. The summed E-state index contributed by atoms with van der Waals surface area (Å²) in [4.78, 5) is 14.4. The van der Waals surface area contributed by atoms with E-state index >= 15 is 0 Å². The maximum absolute atomic E-state index is 12.1. The molecular formula is C20H24N2O2. The van der Waals surface area contributed by atoms with Crippen LogP contribution in [0.4, 0.5) is 5.69 Å². The van der Waals surface area contributed by atoms with Crippen LogP contribution in [0.25, 0.3) is 0 Å². The van der Waals surface area contributed by atoms with Gasteiger partial charge >= 0.3 is 0 Å². The molecule has 0 saturated carbocycles. The molecule has 1 aliphatic heterocycles. The van der Waals surface area contributed by atoms with Gasteiger partial charge in [0, 0.05) is 37.5 Å². The lowest BCUT2D eigenvalue weighted by Crippen LogP contribution is -2.34. The van der Waals surface area contributed by atoms with Crippen molar-refractivity contribution in [1.82, 2.24) is 5.32 Å². The monoisotopic (exact) mass is 324 g/mol. The molecular weight excluding hydrogens is 300 g/mol. The fraction of sp³-hybridized carbons (Fsp3) is 0.350. The first kappa shape index (κ1) is 16.5. The van der Waals surface area contributed by atoms with Gasteiger partial charge in [0.1, 0.15) is 0 Å². The molecule has 0 unspecified atom stereocenters. The molecule has 1 heterocycles. The molecule has 2 aromatic carbocycles. The van der Waals surface area contributed by atoms with Crippen LogP contribution in [0.3, 0.4) is 0 Å². The molecule has 4 heteroatoms. The lowest BCUT2D eigenvalue weighted by Gasteiger charge is -2.33. The molecule has 3 rings (SSSR count). The van der Waals surface area contributed by atoms with Gasteiger partial charge in [-0.25, -0.2) is 0 Å². The number of benzene rings is 2. The van der Waals surface area contributed by atoms with Gasteiger partial charge in [0.25, 0.3) is 5.91 Å². The van der Waals surface area contributed by atoms with Gasteiger partial charge in [0.15, 0.2) is 0 Å². The Morgan fingerprint density at radius 2 is 1.71 bits per heavy atom. The highest BCUT2D eigenvalue weighted by Crippen LogP contribution is 2.23. The Kier molecular flexibility index (Phi) is 5.49. The SMILES string of the molecule is O=C(NCc1ccc(N2CCC(CO)CC2)cc1)c1ccccc1. The summed E-state index contributed by atoms with van der Waals surface area (Å²) in [6, 6.07) is 17.6. The number of amides is 1. The van der Waals surface area contributed by atoms with E-state index in [-0.39, 0.29) is 5.91 Å². The van der Waals surface area contributed by atoms with Crippen LogP contribution in [0.1, 0.15) is 28.8 Å². The maximum atomic E-state index is 12.1. The van der Waals surface area contributed by atoms with Gasteiger partial charge in [0.2, 0.25) is 0 Å². The normalized spacial score (nSPS) is 15.3. The van der Waals surface area contributed by atoms with Crippen LogP contribution in [0.5, 0.6) is 0 Å². The second-order valence-corrected chi connectivity index (χ2v) is 6.33. The van der Waals surface area contributed by atoms with E-state index in [1.807, 2.05) is 30.3 Å². The smallest absolute Gasteiger partial charge is 0.251 e. The third-order valence-electron chi connectivity index (χ3n) is 4.66. The Labute approximate surface area is 143 Å². The van der Waals surface area contributed by atoms with Gasteiger partial charge in [-0.3, -0.25) is 4.79 Å². The van der Waals surface area contributed by atoms with E-state index in [0.29, 0.717) is 24.6 Å². The molecule has 0 bridgehead atoms. The van der Waals surface area contributed by atoms with E-state index in [0.717, 1.165) is 31.5 Å². The van der Waals surface area contributed by atoms with Crippen molar-refractivity contribution in [2.24, 2.45) is 5.92 Å². The molecule has 0 atom stereocenters.